The number of nitrogens with zero attached hydrogens (tertiary/aromatic N) is 2. The molecule has 0 radical (unpaired) electrons. The number of amides is 3. The summed E-state index contributed by atoms with van der Waals surface area (Å²) in [6, 6.07) is 12.2. The van der Waals surface area contributed by atoms with Crippen LogP contribution >= 0.6 is 23.2 Å². The second-order valence-corrected chi connectivity index (χ2v) is 7.22. The number of benzene rings is 2. The van der Waals surface area contributed by atoms with Crippen LogP contribution in [0.5, 0.6) is 11.6 Å². The molecule has 6 nitrogen and oxygen atoms in total. The average molecular weight is 484 g/mol. The summed E-state index contributed by atoms with van der Waals surface area (Å²) in [5, 5.41) is 2.13. The van der Waals surface area contributed by atoms with Crippen molar-refractivity contribution in [2.24, 2.45) is 0 Å². The molecule has 0 spiro atoms. The Morgan fingerprint density at radius 1 is 1.03 bits per heavy atom. The van der Waals surface area contributed by atoms with Gasteiger partial charge in [0, 0.05) is 18.9 Å². The van der Waals surface area contributed by atoms with Crippen molar-refractivity contribution in [3.63, 3.8) is 0 Å². The zero-order valence-corrected chi connectivity index (χ0v) is 17.8. The SMILES string of the molecule is CN(C(=O)NC(=O)c1ccccc1Cl)c1ccc(Oc2ncc(C(F)(F)F)cc2Cl)cc1. The summed E-state index contributed by atoms with van der Waals surface area (Å²) in [7, 11) is 1.44. The van der Waals surface area contributed by atoms with E-state index in [1.54, 1.807) is 12.1 Å². The molecule has 0 fully saturated rings. The van der Waals surface area contributed by atoms with Crippen LogP contribution < -0.4 is 15.0 Å². The molecule has 0 saturated heterocycles. The smallest absolute Gasteiger partial charge is 0.417 e. The number of pyridine rings is 1. The molecule has 0 bridgehead atoms. The van der Waals surface area contributed by atoms with Crippen molar-refractivity contribution in [1.82, 2.24) is 10.3 Å². The minimum absolute atomic E-state index is 0.153. The molecule has 3 amide bonds. The summed E-state index contributed by atoms with van der Waals surface area (Å²) in [5.41, 5.74) is -0.432. The van der Waals surface area contributed by atoms with E-state index in [4.69, 9.17) is 27.9 Å². The predicted molar refractivity (Wildman–Crippen MR) is 113 cm³/mol. The van der Waals surface area contributed by atoms with Crippen molar-refractivity contribution in [2.45, 2.75) is 6.18 Å². The number of ether oxygens (including phenoxy) is 1. The lowest BCUT2D eigenvalue weighted by atomic mass is 10.2. The van der Waals surface area contributed by atoms with Crippen molar-refractivity contribution in [3.05, 3.63) is 82.0 Å². The van der Waals surface area contributed by atoms with E-state index in [1.807, 2.05) is 0 Å². The molecule has 0 aliphatic heterocycles. The fourth-order valence-corrected chi connectivity index (χ4v) is 2.94. The van der Waals surface area contributed by atoms with Crippen LogP contribution in [0.2, 0.25) is 10.0 Å². The largest absolute Gasteiger partial charge is 0.438 e. The van der Waals surface area contributed by atoms with Gasteiger partial charge in [0.25, 0.3) is 5.91 Å². The summed E-state index contributed by atoms with van der Waals surface area (Å²) in [6.07, 6.45) is -3.96. The molecule has 32 heavy (non-hydrogen) atoms. The van der Waals surface area contributed by atoms with Gasteiger partial charge in [-0.1, -0.05) is 35.3 Å². The number of anilines is 1. The third-order valence-electron chi connectivity index (χ3n) is 4.22. The third kappa shape index (κ3) is 5.49. The molecule has 0 aliphatic carbocycles. The second-order valence-electron chi connectivity index (χ2n) is 6.40. The zero-order chi connectivity index (χ0) is 23.5. The van der Waals surface area contributed by atoms with Gasteiger partial charge in [0.05, 0.1) is 16.1 Å². The maximum Gasteiger partial charge on any atom is 0.417 e. The van der Waals surface area contributed by atoms with Crippen molar-refractivity contribution in [1.29, 1.82) is 0 Å². The monoisotopic (exact) mass is 483 g/mol. The van der Waals surface area contributed by atoms with Crippen LogP contribution in [0, 0.1) is 0 Å². The molecule has 0 unspecified atom stereocenters. The number of hydrogen-bond donors (Lipinski definition) is 1. The molecule has 166 valence electrons. The molecule has 11 heteroatoms. The first-order valence-corrected chi connectivity index (χ1v) is 9.66. The highest BCUT2D eigenvalue weighted by Gasteiger charge is 2.31. The van der Waals surface area contributed by atoms with Crippen molar-refractivity contribution >= 4 is 40.8 Å². The highest BCUT2D eigenvalue weighted by Crippen LogP contribution is 2.34. The van der Waals surface area contributed by atoms with Crippen molar-refractivity contribution in [2.75, 3.05) is 11.9 Å². The highest BCUT2D eigenvalue weighted by atomic mass is 35.5. The van der Waals surface area contributed by atoms with E-state index in [2.05, 4.69) is 10.3 Å². The highest BCUT2D eigenvalue weighted by molar-refractivity contribution is 6.34. The molecule has 1 N–H and O–H groups in total. The lowest BCUT2D eigenvalue weighted by molar-refractivity contribution is -0.137. The number of rotatable bonds is 4. The van der Waals surface area contributed by atoms with Crippen molar-refractivity contribution in [3.8, 4) is 11.6 Å². The van der Waals surface area contributed by atoms with Crippen LogP contribution in [0.15, 0.2) is 60.8 Å². The number of hydrogen-bond acceptors (Lipinski definition) is 4. The van der Waals surface area contributed by atoms with Crippen molar-refractivity contribution < 1.29 is 27.5 Å². The molecule has 2 aromatic carbocycles. The van der Waals surface area contributed by atoms with E-state index >= 15 is 0 Å². The van der Waals surface area contributed by atoms with Gasteiger partial charge in [0.1, 0.15) is 10.8 Å². The molecular formula is C21H14Cl2F3N3O3. The molecule has 1 aromatic heterocycles. The van der Waals surface area contributed by atoms with E-state index in [0.29, 0.717) is 18.0 Å². The molecule has 0 aliphatic rings. The molecular weight excluding hydrogens is 470 g/mol. The quantitative estimate of drug-likeness (QED) is 0.480. The Morgan fingerprint density at radius 3 is 2.28 bits per heavy atom. The maximum absolute atomic E-state index is 12.7. The minimum Gasteiger partial charge on any atom is -0.438 e. The fraction of sp³-hybridized carbons (Fsp3) is 0.0952. The molecule has 0 saturated carbocycles. The number of imide groups is 1. The van der Waals surface area contributed by atoms with E-state index in [1.165, 1.54) is 48.3 Å². The van der Waals surface area contributed by atoms with Gasteiger partial charge in [-0.3, -0.25) is 15.0 Å². The number of alkyl halides is 3. The average Bonchev–Trinajstić information content (AvgIpc) is 2.74. The Bertz CT molecular complexity index is 1160. The van der Waals surface area contributed by atoms with Crippen LogP contribution in [0.1, 0.15) is 15.9 Å². The minimum atomic E-state index is -4.57. The summed E-state index contributed by atoms with van der Waals surface area (Å²) >= 11 is 11.8. The number of nitrogens with one attached hydrogen (secondary N) is 1. The van der Waals surface area contributed by atoms with Gasteiger partial charge in [-0.2, -0.15) is 13.2 Å². The maximum atomic E-state index is 12.7. The first-order valence-electron chi connectivity index (χ1n) is 8.90. The summed E-state index contributed by atoms with van der Waals surface area (Å²) < 4.78 is 43.5. The number of carbonyl (C=O) groups is 2. The first kappa shape index (κ1) is 23.4. The Kier molecular flexibility index (Phi) is 6.90. The molecule has 3 rings (SSSR count). The van der Waals surface area contributed by atoms with Gasteiger partial charge in [-0.15, -0.1) is 0 Å². The third-order valence-corrected chi connectivity index (χ3v) is 4.82. The fourth-order valence-electron chi connectivity index (χ4n) is 2.52. The Balaban J connectivity index is 1.67. The van der Waals surface area contributed by atoms with E-state index < -0.39 is 23.7 Å². The Hall–Kier alpha value is -3.30. The molecule has 1 heterocycles. The summed E-state index contributed by atoms with van der Waals surface area (Å²) in [4.78, 5) is 29.4. The first-order chi connectivity index (χ1) is 15.1. The van der Waals surface area contributed by atoms with Crippen LogP contribution in [0.4, 0.5) is 23.7 Å². The lowest BCUT2D eigenvalue weighted by Gasteiger charge is -2.18. The summed E-state index contributed by atoms with van der Waals surface area (Å²) in [5.74, 6) is -0.636. The van der Waals surface area contributed by atoms with E-state index in [9.17, 15) is 22.8 Å². The number of halogens is 5. The normalized spacial score (nSPS) is 11.1. The van der Waals surface area contributed by atoms with Gasteiger partial charge in [0.2, 0.25) is 5.88 Å². The van der Waals surface area contributed by atoms with Gasteiger partial charge >= 0.3 is 12.2 Å². The second kappa shape index (κ2) is 9.46. The van der Waals surface area contributed by atoms with Crippen LogP contribution in [-0.4, -0.2) is 24.0 Å². The van der Waals surface area contributed by atoms with Gasteiger partial charge in [0.15, 0.2) is 0 Å². The van der Waals surface area contributed by atoms with E-state index in [-0.39, 0.29) is 27.2 Å². The van der Waals surface area contributed by atoms with Crippen LogP contribution in [0.25, 0.3) is 0 Å². The molecule has 3 aromatic rings. The summed E-state index contributed by atoms with van der Waals surface area (Å²) in [6.45, 7) is 0. The predicted octanol–water partition coefficient (Wildman–Crippen LogP) is 6.19. The van der Waals surface area contributed by atoms with Gasteiger partial charge < -0.3 is 4.74 Å². The standard InChI is InChI=1S/C21H14Cl2F3N3O3/c1-29(20(31)28-18(30)15-4-2-3-5-16(15)22)13-6-8-14(9-7-13)32-19-17(23)10-12(11-27-19)21(24,25)26/h2-11H,1H3,(H,28,30,31). The molecule has 0 atom stereocenters. The van der Waals surface area contributed by atoms with Gasteiger partial charge in [-0.25, -0.2) is 9.78 Å². The van der Waals surface area contributed by atoms with Crippen LogP contribution in [-0.2, 0) is 6.18 Å². The zero-order valence-electron chi connectivity index (χ0n) is 16.3. The lowest BCUT2D eigenvalue weighted by Crippen LogP contribution is -2.40. The number of urea groups is 1. The Labute approximate surface area is 190 Å². The number of carbonyl (C=O) groups excluding carboxylic acids is 2. The van der Waals surface area contributed by atoms with Crippen LogP contribution in [0.3, 0.4) is 0 Å². The van der Waals surface area contributed by atoms with Gasteiger partial charge in [-0.05, 0) is 42.5 Å². The number of aromatic nitrogens is 1. The Morgan fingerprint density at radius 2 is 1.69 bits per heavy atom. The topological polar surface area (TPSA) is 71.5 Å². The van der Waals surface area contributed by atoms with E-state index in [0.717, 1.165) is 0 Å².